The molecule has 1 saturated heterocycles. The van der Waals surface area contributed by atoms with Gasteiger partial charge < -0.3 is 15.1 Å². The normalized spacial score (nSPS) is 22.4. The van der Waals surface area contributed by atoms with E-state index >= 15 is 0 Å². The van der Waals surface area contributed by atoms with Gasteiger partial charge in [0.1, 0.15) is 0 Å². The zero-order chi connectivity index (χ0) is 12.6. The van der Waals surface area contributed by atoms with Crippen molar-refractivity contribution in [3.8, 4) is 0 Å². The first kappa shape index (κ1) is 15.1. The maximum atomic E-state index is 12.3. The van der Waals surface area contributed by atoms with Gasteiger partial charge in [-0.1, -0.05) is 13.8 Å². The lowest BCUT2D eigenvalue weighted by Crippen LogP contribution is -2.54. The van der Waals surface area contributed by atoms with E-state index in [1.54, 1.807) is 6.26 Å². The summed E-state index contributed by atoms with van der Waals surface area (Å²) < 4.78 is 5.25. The molecule has 0 bridgehead atoms. The predicted molar refractivity (Wildman–Crippen MR) is 73.0 cm³/mol. The molecule has 0 spiro atoms. The Morgan fingerprint density at radius 3 is 2.72 bits per heavy atom. The molecule has 18 heavy (non-hydrogen) atoms. The van der Waals surface area contributed by atoms with E-state index in [9.17, 15) is 4.79 Å². The topological polar surface area (TPSA) is 59.5 Å². The van der Waals surface area contributed by atoms with Gasteiger partial charge in [0.2, 0.25) is 0 Å². The third kappa shape index (κ3) is 2.70. The standard InChI is InChI=1S/C13H20N2O2.ClH/c1-9-5-7-17-11(9)12(16)15-6-4-10(14)13(2,3)8-15;/h5,7,10H,4,6,8,14H2,1-3H3;1H. The molecule has 4 nitrogen and oxygen atoms in total. The van der Waals surface area contributed by atoms with Crippen LogP contribution in [0.3, 0.4) is 0 Å². The first-order valence-electron chi connectivity index (χ1n) is 6.01. The molecule has 2 rings (SSSR count). The summed E-state index contributed by atoms with van der Waals surface area (Å²) in [4.78, 5) is 14.1. The average molecular weight is 273 g/mol. The Morgan fingerprint density at radius 2 is 2.22 bits per heavy atom. The predicted octanol–water partition coefficient (Wildman–Crippen LogP) is 2.21. The van der Waals surface area contributed by atoms with Gasteiger partial charge in [0.05, 0.1) is 6.26 Å². The maximum absolute atomic E-state index is 12.3. The molecule has 2 heterocycles. The van der Waals surface area contributed by atoms with E-state index in [0.29, 0.717) is 18.8 Å². The van der Waals surface area contributed by atoms with Crippen molar-refractivity contribution in [2.75, 3.05) is 13.1 Å². The van der Waals surface area contributed by atoms with Crippen LogP contribution in [0.25, 0.3) is 0 Å². The molecule has 1 aliphatic heterocycles. The molecular formula is C13H21ClN2O2. The summed E-state index contributed by atoms with van der Waals surface area (Å²) in [5, 5.41) is 0. The van der Waals surface area contributed by atoms with Gasteiger partial charge >= 0.3 is 0 Å². The van der Waals surface area contributed by atoms with E-state index < -0.39 is 0 Å². The second-order valence-electron chi connectivity index (χ2n) is 5.54. The molecule has 0 radical (unpaired) electrons. The zero-order valence-electron chi connectivity index (χ0n) is 11.1. The van der Waals surface area contributed by atoms with Crippen molar-refractivity contribution in [3.05, 3.63) is 23.7 Å². The highest BCUT2D eigenvalue weighted by Gasteiger charge is 2.36. The van der Waals surface area contributed by atoms with Crippen molar-refractivity contribution < 1.29 is 9.21 Å². The number of nitrogens with zero attached hydrogens (tertiary/aromatic N) is 1. The Kier molecular flexibility index (Phi) is 4.46. The number of halogens is 1. The SMILES string of the molecule is Cc1ccoc1C(=O)N1CCC(N)C(C)(C)C1.Cl. The van der Waals surface area contributed by atoms with E-state index in [2.05, 4.69) is 13.8 Å². The monoisotopic (exact) mass is 272 g/mol. The summed E-state index contributed by atoms with van der Waals surface area (Å²) in [6, 6.07) is 1.97. The molecule has 1 aromatic rings. The third-order valence-electron chi connectivity index (χ3n) is 3.66. The number of amides is 1. The Hall–Kier alpha value is -1.00. The fourth-order valence-electron chi connectivity index (χ4n) is 2.28. The summed E-state index contributed by atoms with van der Waals surface area (Å²) in [6.45, 7) is 7.49. The number of furan rings is 1. The highest BCUT2D eigenvalue weighted by Crippen LogP contribution is 2.29. The van der Waals surface area contributed by atoms with E-state index in [-0.39, 0.29) is 29.8 Å². The number of aryl methyl sites for hydroxylation is 1. The van der Waals surface area contributed by atoms with Gasteiger partial charge in [-0.2, -0.15) is 0 Å². The minimum atomic E-state index is -0.0333. The van der Waals surface area contributed by atoms with Crippen LogP contribution in [0.5, 0.6) is 0 Å². The largest absolute Gasteiger partial charge is 0.459 e. The molecular weight excluding hydrogens is 252 g/mol. The Morgan fingerprint density at radius 1 is 1.56 bits per heavy atom. The molecule has 0 aromatic carbocycles. The number of piperidine rings is 1. The minimum Gasteiger partial charge on any atom is -0.459 e. The highest BCUT2D eigenvalue weighted by atomic mass is 35.5. The van der Waals surface area contributed by atoms with E-state index in [0.717, 1.165) is 12.0 Å². The smallest absolute Gasteiger partial charge is 0.289 e. The second kappa shape index (κ2) is 5.33. The van der Waals surface area contributed by atoms with Crippen molar-refractivity contribution >= 4 is 18.3 Å². The molecule has 1 amide bonds. The molecule has 102 valence electrons. The van der Waals surface area contributed by atoms with E-state index in [1.807, 2.05) is 17.9 Å². The van der Waals surface area contributed by atoms with Gasteiger partial charge in [0.25, 0.3) is 5.91 Å². The number of hydrogen-bond acceptors (Lipinski definition) is 3. The molecule has 1 atom stereocenters. The number of carbonyl (C=O) groups is 1. The summed E-state index contributed by atoms with van der Waals surface area (Å²) in [5.74, 6) is 0.434. The molecule has 2 N–H and O–H groups in total. The molecule has 0 aliphatic carbocycles. The van der Waals surface area contributed by atoms with Crippen molar-refractivity contribution in [1.29, 1.82) is 0 Å². The first-order valence-corrected chi connectivity index (χ1v) is 6.01. The zero-order valence-corrected chi connectivity index (χ0v) is 11.9. The Bertz CT molecular complexity index is 428. The number of nitrogens with two attached hydrogens (primary N) is 1. The van der Waals surface area contributed by atoms with Crippen LogP contribution in [0.2, 0.25) is 0 Å². The van der Waals surface area contributed by atoms with Crippen molar-refractivity contribution in [2.45, 2.75) is 33.2 Å². The van der Waals surface area contributed by atoms with Crippen LogP contribution in [0.1, 0.15) is 36.4 Å². The van der Waals surface area contributed by atoms with Gasteiger partial charge in [0, 0.05) is 24.7 Å². The molecule has 0 saturated carbocycles. The molecule has 1 aliphatic rings. The highest BCUT2D eigenvalue weighted by molar-refractivity contribution is 5.93. The van der Waals surface area contributed by atoms with Crippen LogP contribution in [0.4, 0.5) is 0 Å². The van der Waals surface area contributed by atoms with Crippen LogP contribution in [0.15, 0.2) is 16.7 Å². The van der Waals surface area contributed by atoms with Crippen molar-refractivity contribution in [2.24, 2.45) is 11.1 Å². The van der Waals surface area contributed by atoms with Crippen molar-refractivity contribution in [1.82, 2.24) is 4.90 Å². The molecule has 5 heteroatoms. The third-order valence-corrected chi connectivity index (χ3v) is 3.66. The van der Waals surface area contributed by atoms with Gasteiger partial charge in [-0.3, -0.25) is 4.79 Å². The minimum absolute atomic E-state index is 0. The average Bonchev–Trinajstić information content (AvgIpc) is 2.67. The summed E-state index contributed by atoms with van der Waals surface area (Å²) in [5.41, 5.74) is 6.92. The van der Waals surface area contributed by atoms with Crippen LogP contribution < -0.4 is 5.73 Å². The van der Waals surface area contributed by atoms with Crippen LogP contribution >= 0.6 is 12.4 Å². The molecule has 1 fully saturated rings. The second-order valence-corrected chi connectivity index (χ2v) is 5.54. The maximum Gasteiger partial charge on any atom is 0.289 e. The Balaban J connectivity index is 0.00000162. The summed E-state index contributed by atoms with van der Waals surface area (Å²) in [6.07, 6.45) is 2.40. The van der Waals surface area contributed by atoms with Gasteiger partial charge in [-0.15, -0.1) is 12.4 Å². The van der Waals surface area contributed by atoms with Gasteiger partial charge in [-0.25, -0.2) is 0 Å². The van der Waals surface area contributed by atoms with E-state index in [1.165, 1.54) is 0 Å². The summed E-state index contributed by atoms with van der Waals surface area (Å²) in [7, 11) is 0. The van der Waals surface area contributed by atoms with Gasteiger partial charge in [-0.05, 0) is 24.8 Å². The molecule has 1 unspecified atom stereocenters. The van der Waals surface area contributed by atoms with E-state index in [4.69, 9.17) is 10.2 Å². The first-order chi connectivity index (χ1) is 7.92. The Labute approximate surface area is 114 Å². The number of carbonyl (C=O) groups excluding carboxylic acids is 1. The lowest BCUT2D eigenvalue weighted by molar-refractivity contribution is 0.0502. The van der Waals surface area contributed by atoms with Crippen LogP contribution in [-0.4, -0.2) is 29.9 Å². The fourth-order valence-corrected chi connectivity index (χ4v) is 2.28. The fraction of sp³-hybridized carbons (Fsp3) is 0.615. The molecule has 1 aromatic heterocycles. The van der Waals surface area contributed by atoms with Crippen LogP contribution in [-0.2, 0) is 0 Å². The quantitative estimate of drug-likeness (QED) is 0.853. The number of rotatable bonds is 1. The van der Waals surface area contributed by atoms with Crippen LogP contribution in [0, 0.1) is 12.3 Å². The lowest BCUT2D eigenvalue weighted by atomic mass is 9.79. The van der Waals surface area contributed by atoms with Gasteiger partial charge in [0.15, 0.2) is 5.76 Å². The number of likely N-dealkylation sites (tertiary alicyclic amines) is 1. The number of hydrogen-bond donors (Lipinski definition) is 1. The van der Waals surface area contributed by atoms with Crippen molar-refractivity contribution in [3.63, 3.8) is 0 Å². The lowest BCUT2D eigenvalue weighted by Gasteiger charge is -2.42. The summed E-state index contributed by atoms with van der Waals surface area (Å²) >= 11 is 0.